The summed E-state index contributed by atoms with van der Waals surface area (Å²) >= 11 is 0. The fourth-order valence-electron chi connectivity index (χ4n) is 5.52. The highest BCUT2D eigenvalue weighted by molar-refractivity contribution is 5.19. The first-order valence-corrected chi connectivity index (χ1v) is 11.3. The van der Waals surface area contributed by atoms with E-state index >= 15 is 0 Å². The number of hydrogen-bond donors (Lipinski definition) is 0. The Morgan fingerprint density at radius 1 is 0.786 bits per heavy atom. The van der Waals surface area contributed by atoms with Crippen molar-refractivity contribution in [2.45, 2.75) is 84.0 Å². The molecule has 0 aromatic heterocycles. The average molecular weight is 393 g/mol. The van der Waals surface area contributed by atoms with Gasteiger partial charge in [-0.1, -0.05) is 37.8 Å². The molecule has 2 aliphatic carbocycles. The third kappa shape index (κ3) is 5.87. The highest BCUT2D eigenvalue weighted by atomic mass is 19.2. The van der Waals surface area contributed by atoms with Gasteiger partial charge in [0, 0.05) is 0 Å². The highest BCUT2D eigenvalue weighted by Crippen LogP contribution is 2.43. The Morgan fingerprint density at radius 3 is 1.79 bits per heavy atom. The van der Waals surface area contributed by atoms with E-state index in [9.17, 15) is 13.2 Å². The number of hydrogen-bond acceptors (Lipinski definition) is 0. The van der Waals surface area contributed by atoms with E-state index in [-0.39, 0.29) is 0 Å². The molecule has 0 spiro atoms. The van der Waals surface area contributed by atoms with Crippen LogP contribution in [-0.4, -0.2) is 0 Å². The van der Waals surface area contributed by atoms with Gasteiger partial charge in [0.1, 0.15) is 0 Å². The smallest absolute Gasteiger partial charge is 0.194 e. The van der Waals surface area contributed by atoms with Gasteiger partial charge in [-0.05, 0) is 99.7 Å². The van der Waals surface area contributed by atoms with Gasteiger partial charge in [0.15, 0.2) is 17.5 Å². The molecule has 0 saturated heterocycles. The zero-order chi connectivity index (χ0) is 19.9. The fourth-order valence-corrected chi connectivity index (χ4v) is 5.52. The summed E-state index contributed by atoms with van der Waals surface area (Å²) in [5.41, 5.74) is 0.578. The molecule has 0 nitrogen and oxygen atoms in total. The van der Waals surface area contributed by atoms with Crippen LogP contribution in [0, 0.1) is 41.1 Å². The van der Waals surface area contributed by atoms with Crippen LogP contribution in [0.15, 0.2) is 24.3 Å². The summed E-state index contributed by atoms with van der Waals surface area (Å²) in [6.45, 7) is 2.10. The molecular weight excluding hydrogens is 357 g/mol. The van der Waals surface area contributed by atoms with E-state index in [0.717, 1.165) is 36.3 Å². The molecule has 0 atom stereocenters. The lowest BCUT2D eigenvalue weighted by Crippen LogP contribution is -2.26. The maximum Gasteiger partial charge on any atom is 0.194 e. The molecule has 1 aromatic carbocycles. The third-order valence-electron chi connectivity index (χ3n) is 7.31. The van der Waals surface area contributed by atoms with Crippen LogP contribution in [0.3, 0.4) is 0 Å². The summed E-state index contributed by atoms with van der Waals surface area (Å²) in [5, 5.41) is 0. The molecule has 2 aliphatic rings. The molecule has 0 unspecified atom stereocenters. The molecule has 3 rings (SSSR count). The Hall–Kier alpha value is -1.25. The van der Waals surface area contributed by atoms with Crippen LogP contribution < -0.4 is 0 Å². The molecule has 0 N–H and O–H groups in total. The van der Waals surface area contributed by atoms with E-state index in [1.807, 2.05) is 0 Å². The first kappa shape index (κ1) is 21.5. The number of rotatable bonds is 7. The Bertz CT molecular complexity index is 612. The molecule has 2 saturated carbocycles. The molecule has 0 amide bonds. The Morgan fingerprint density at radius 2 is 1.29 bits per heavy atom. The van der Waals surface area contributed by atoms with Crippen molar-refractivity contribution in [1.29, 1.82) is 0 Å². The molecule has 156 valence electrons. The largest absolute Gasteiger partial charge is 0.204 e. The lowest BCUT2D eigenvalue weighted by molar-refractivity contribution is 0.141. The van der Waals surface area contributed by atoms with Gasteiger partial charge in [0.25, 0.3) is 0 Å². The van der Waals surface area contributed by atoms with E-state index in [1.54, 1.807) is 0 Å². The fraction of sp³-hybridized carbons (Fsp3) is 0.680. The van der Waals surface area contributed by atoms with Crippen molar-refractivity contribution in [3.63, 3.8) is 0 Å². The standard InChI is InChI=1S/C25H35F3/c1-2-3-4-5-18-8-12-21(13-9-18)22-14-10-19(11-15-22)6-7-20-16-23(26)25(28)24(27)17-20/h2-3,16-19,21-22H,4-15H2,1H3/b3-2+. The van der Waals surface area contributed by atoms with E-state index in [2.05, 4.69) is 19.1 Å². The van der Waals surface area contributed by atoms with Gasteiger partial charge in [-0.15, -0.1) is 0 Å². The second-order valence-electron chi connectivity index (χ2n) is 9.12. The van der Waals surface area contributed by atoms with Crippen LogP contribution in [-0.2, 0) is 6.42 Å². The van der Waals surface area contributed by atoms with Crippen LogP contribution in [0.2, 0.25) is 0 Å². The topological polar surface area (TPSA) is 0 Å². The molecule has 0 bridgehead atoms. The van der Waals surface area contributed by atoms with Crippen LogP contribution in [0.25, 0.3) is 0 Å². The quantitative estimate of drug-likeness (QED) is 0.326. The summed E-state index contributed by atoms with van der Waals surface area (Å²) in [5.74, 6) is -0.126. The van der Waals surface area contributed by atoms with Gasteiger partial charge in [-0.25, -0.2) is 13.2 Å². The average Bonchev–Trinajstić information content (AvgIpc) is 2.71. The van der Waals surface area contributed by atoms with Crippen LogP contribution in [0.1, 0.15) is 83.1 Å². The van der Waals surface area contributed by atoms with Gasteiger partial charge in [0.2, 0.25) is 0 Å². The monoisotopic (exact) mass is 392 g/mol. The van der Waals surface area contributed by atoms with Crippen LogP contribution >= 0.6 is 0 Å². The lowest BCUT2D eigenvalue weighted by Gasteiger charge is -2.38. The van der Waals surface area contributed by atoms with Gasteiger partial charge < -0.3 is 0 Å². The molecule has 2 fully saturated rings. The molecule has 0 heterocycles. The van der Waals surface area contributed by atoms with Gasteiger partial charge in [-0.3, -0.25) is 0 Å². The summed E-state index contributed by atoms with van der Waals surface area (Å²) < 4.78 is 39.8. The molecular formula is C25H35F3. The minimum atomic E-state index is -1.36. The number of halogens is 3. The molecule has 0 aliphatic heterocycles. The van der Waals surface area contributed by atoms with Crippen molar-refractivity contribution in [2.24, 2.45) is 23.7 Å². The predicted octanol–water partition coefficient (Wildman–Crippen LogP) is 8.01. The van der Waals surface area contributed by atoms with Crippen molar-refractivity contribution >= 4 is 0 Å². The second-order valence-corrected chi connectivity index (χ2v) is 9.12. The minimum Gasteiger partial charge on any atom is -0.204 e. The summed E-state index contributed by atoms with van der Waals surface area (Å²) in [7, 11) is 0. The first-order chi connectivity index (χ1) is 13.6. The lowest BCUT2D eigenvalue weighted by atomic mass is 9.68. The highest BCUT2D eigenvalue weighted by Gasteiger charge is 2.30. The molecule has 0 radical (unpaired) electrons. The third-order valence-corrected chi connectivity index (χ3v) is 7.31. The zero-order valence-corrected chi connectivity index (χ0v) is 17.2. The zero-order valence-electron chi connectivity index (χ0n) is 17.2. The summed E-state index contributed by atoms with van der Waals surface area (Å²) in [4.78, 5) is 0. The van der Waals surface area contributed by atoms with Crippen molar-refractivity contribution < 1.29 is 13.2 Å². The van der Waals surface area contributed by atoms with E-state index in [0.29, 0.717) is 17.9 Å². The predicted molar refractivity (Wildman–Crippen MR) is 110 cm³/mol. The van der Waals surface area contributed by atoms with Crippen molar-refractivity contribution in [2.75, 3.05) is 0 Å². The summed E-state index contributed by atoms with van der Waals surface area (Å²) in [6.07, 6.45) is 19.4. The molecule has 1 aromatic rings. The number of benzene rings is 1. The minimum absolute atomic E-state index is 0.578. The maximum absolute atomic E-state index is 13.4. The normalized spacial score (nSPS) is 28.7. The van der Waals surface area contributed by atoms with Crippen LogP contribution in [0.5, 0.6) is 0 Å². The van der Waals surface area contributed by atoms with Crippen molar-refractivity contribution in [3.05, 3.63) is 47.3 Å². The second kappa shape index (κ2) is 10.5. The Kier molecular flexibility index (Phi) is 8.05. The molecule has 28 heavy (non-hydrogen) atoms. The Labute approximate surface area is 168 Å². The van der Waals surface area contributed by atoms with Gasteiger partial charge >= 0.3 is 0 Å². The Balaban J connectivity index is 1.37. The van der Waals surface area contributed by atoms with Crippen molar-refractivity contribution in [1.82, 2.24) is 0 Å². The number of aryl methyl sites for hydroxylation is 1. The van der Waals surface area contributed by atoms with Crippen LogP contribution in [0.4, 0.5) is 13.2 Å². The van der Waals surface area contributed by atoms with Gasteiger partial charge in [0.05, 0.1) is 0 Å². The molecule has 3 heteroatoms. The van der Waals surface area contributed by atoms with E-state index in [4.69, 9.17) is 0 Å². The maximum atomic E-state index is 13.4. The first-order valence-electron chi connectivity index (χ1n) is 11.3. The number of allylic oxidation sites excluding steroid dienone is 2. The summed E-state index contributed by atoms with van der Waals surface area (Å²) in [6, 6.07) is 2.30. The van der Waals surface area contributed by atoms with E-state index < -0.39 is 17.5 Å². The van der Waals surface area contributed by atoms with E-state index in [1.165, 1.54) is 64.2 Å². The van der Waals surface area contributed by atoms with Gasteiger partial charge in [-0.2, -0.15) is 0 Å². The van der Waals surface area contributed by atoms with Crippen molar-refractivity contribution in [3.8, 4) is 0 Å². The SMILES string of the molecule is C/C=C/CCC1CCC(C2CCC(CCc3cc(F)c(F)c(F)c3)CC2)CC1.